The lowest BCUT2D eigenvalue weighted by atomic mass is 10.1. The van der Waals surface area contributed by atoms with E-state index in [1.807, 2.05) is 0 Å². The third-order valence-electron chi connectivity index (χ3n) is 4.06. The van der Waals surface area contributed by atoms with Crippen molar-refractivity contribution in [3.8, 4) is 17.1 Å². The van der Waals surface area contributed by atoms with Crippen molar-refractivity contribution in [3.05, 3.63) is 47.2 Å². The number of nitrogens with one attached hydrogen (secondary N) is 1. The van der Waals surface area contributed by atoms with Gasteiger partial charge in [-0.1, -0.05) is 10.3 Å². The van der Waals surface area contributed by atoms with Gasteiger partial charge in [0.2, 0.25) is 5.82 Å². The Hall–Kier alpha value is -3.58. The molecule has 1 aromatic carbocycles. The molecule has 0 fully saturated rings. The van der Waals surface area contributed by atoms with Crippen LogP contribution >= 0.6 is 0 Å². The highest BCUT2D eigenvalue weighted by Gasteiger charge is 2.39. The van der Waals surface area contributed by atoms with Crippen LogP contribution in [0.5, 0.6) is 5.75 Å². The van der Waals surface area contributed by atoms with Gasteiger partial charge in [0.05, 0.1) is 12.2 Å². The van der Waals surface area contributed by atoms with Gasteiger partial charge in [-0.2, -0.15) is 31.3 Å². The number of aromatic nitrogens is 3. The van der Waals surface area contributed by atoms with E-state index in [2.05, 4.69) is 25.1 Å². The van der Waals surface area contributed by atoms with Crippen LogP contribution in [0.2, 0.25) is 0 Å². The average Bonchev–Trinajstić information content (AvgIpc) is 3.39. The predicted octanol–water partition coefficient (Wildman–Crippen LogP) is 4.13. The maximum atomic E-state index is 13.4. The second-order valence-electron chi connectivity index (χ2n) is 6.34. The minimum Gasteiger partial charge on any atom is -0.493 e. The molecule has 14 heteroatoms. The standard InChI is InChI=1S/C18H14F6N4O4/c1-25-15(29)12-8-10(31-27-12)3-2-6-30-13-5-4-9(7-11(13)17(19,20)21)14-26-16(32-28-14)18(22,23)24/h4-5,7-8H,2-3,6H2,1H3,(H,25,29). The highest BCUT2D eigenvalue weighted by atomic mass is 19.4. The normalized spacial score (nSPS) is 12.1. The molecule has 32 heavy (non-hydrogen) atoms. The first-order valence-electron chi connectivity index (χ1n) is 8.92. The van der Waals surface area contributed by atoms with Gasteiger partial charge >= 0.3 is 18.2 Å². The fourth-order valence-electron chi connectivity index (χ4n) is 2.57. The molecule has 0 atom stereocenters. The minimum absolute atomic E-state index is 0.0634. The number of rotatable bonds is 7. The second-order valence-corrected chi connectivity index (χ2v) is 6.34. The van der Waals surface area contributed by atoms with Crippen LogP contribution in [0, 0.1) is 0 Å². The molecule has 0 aliphatic carbocycles. The summed E-state index contributed by atoms with van der Waals surface area (Å²) in [6.45, 7) is -0.140. The molecule has 1 N–H and O–H groups in total. The average molecular weight is 464 g/mol. The number of aryl methyl sites for hydroxylation is 1. The van der Waals surface area contributed by atoms with Crippen molar-refractivity contribution >= 4 is 5.91 Å². The number of ether oxygens (including phenoxy) is 1. The van der Waals surface area contributed by atoms with Crippen LogP contribution in [0.25, 0.3) is 11.4 Å². The van der Waals surface area contributed by atoms with Crippen molar-refractivity contribution in [3.63, 3.8) is 0 Å². The highest BCUT2D eigenvalue weighted by molar-refractivity contribution is 5.91. The third-order valence-corrected chi connectivity index (χ3v) is 4.06. The first-order chi connectivity index (χ1) is 15.0. The maximum absolute atomic E-state index is 13.4. The van der Waals surface area contributed by atoms with Crippen LogP contribution in [0.15, 0.2) is 33.3 Å². The summed E-state index contributed by atoms with van der Waals surface area (Å²) in [5, 5.41) is 9.00. The van der Waals surface area contributed by atoms with Crippen molar-refractivity contribution in [2.24, 2.45) is 0 Å². The number of amides is 1. The lowest BCUT2D eigenvalue weighted by Crippen LogP contribution is -2.17. The van der Waals surface area contributed by atoms with E-state index in [4.69, 9.17) is 9.26 Å². The van der Waals surface area contributed by atoms with Gasteiger partial charge in [0.25, 0.3) is 5.91 Å². The first kappa shape index (κ1) is 23.1. The largest absolute Gasteiger partial charge is 0.493 e. The molecule has 0 spiro atoms. The zero-order valence-corrected chi connectivity index (χ0v) is 16.2. The zero-order chi connectivity index (χ0) is 23.5. The Balaban J connectivity index is 1.69. The molecule has 0 unspecified atom stereocenters. The monoisotopic (exact) mass is 464 g/mol. The van der Waals surface area contributed by atoms with Gasteiger partial charge in [0.1, 0.15) is 11.5 Å². The number of benzene rings is 1. The molecule has 1 amide bonds. The molecule has 0 aliphatic heterocycles. The molecule has 0 saturated heterocycles. The van der Waals surface area contributed by atoms with Crippen LogP contribution in [-0.4, -0.2) is 34.9 Å². The number of nitrogens with zero attached hydrogens (tertiary/aromatic N) is 3. The number of hydrogen-bond acceptors (Lipinski definition) is 7. The summed E-state index contributed by atoms with van der Waals surface area (Å²) >= 11 is 0. The first-order valence-corrected chi connectivity index (χ1v) is 8.92. The molecule has 0 radical (unpaired) electrons. The fraction of sp³-hybridized carbons (Fsp3) is 0.333. The Morgan fingerprint density at radius 2 is 1.81 bits per heavy atom. The fourth-order valence-corrected chi connectivity index (χ4v) is 2.57. The van der Waals surface area contributed by atoms with E-state index in [0.29, 0.717) is 11.8 Å². The van der Waals surface area contributed by atoms with Crippen LogP contribution < -0.4 is 10.1 Å². The van der Waals surface area contributed by atoms with E-state index in [0.717, 1.165) is 12.1 Å². The quantitative estimate of drug-likeness (QED) is 0.414. The Morgan fingerprint density at radius 1 is 1.06 bits per heavy atom. The Bertz CT molecular complexity index is 1090. The highest BCUT2D eigenvalue weighted by Crippen LogP contribution is 2.39. The van der Waals surface area contributed by atoms with Gasteiger partial charge in [-0.15, -0.1) is 0 Å². The lowest BCUT2D eigenvalue weighted by molar-refractivity contribution is -0.159. The summed E-state index contributed by atoms with van der Waals surface area (Å²) in [7, 11) is 1.42. The molecular formula is C18H14F6N4O4. The Morgan fingerprint density at radius 3 is 2.44 bits per heavy atom. The SMILES string of the molecule is CNC(=O)c1cc(CCCOc2ccc(-c3noc(C(F)(F)F)n3)cc2C(F)(F)F)on1. The van der Waals surface area contributed by atoms with Crippen LogP contribution in [0.4, 0.5) is 26.3 Å². The van der Waals surface area contributed by atoms with E-state index in [1.54, 1.807) is 0 Å². The van der Waals surface area contributed by atoms with Gasteiger partial charge in [-0.3, -0.25) is 4.79 Å². The number of carbonyl (C=O) groups excluding carboxylic acids is 1. The van der Waals surface area contributed by atoms with Crippen molar-refractivity contribution in [2.75, 3.05) is 13.7 Å². The van der Waals surface area contributed by atoms with E-state index in [9.17, 15) is 31.1 Å². The summed E-state index contributed by atoms with van der Waals surface area (Å²) in [4.78, 5) is 14.5. The minimum atomic E-state index is -4.92. The molecule has 0 aliphatic rings. The summed E-state index contributed by atoms with van der Waals surface area (Å²) in [6.07, 6.45) is -9.30. The van der Waals surface area contributed by atoms with Crippen molar-refractivity contribution in [1.82, 2.24) is 20.6 Å². The van der Waals surface area contributed by atoms with Gasteiger partial charge in [0, 0.05) is 25.1 Å². The van der Waals surface area contributed by atoms with Gasteiger partial charge < -0.3 is 19.1 Å². The smallest absolute Gasteiger partial charge is 0.471 e. The molecule has 3 aromatic rings. The van der Waals surface area contributed by atoms with E-state index in [-0.39, 0.29) is 30.7 Å². The topological polar surface area (TPSA) is 103 Å². The number of hydrogen-bond donors (Lipinski definition) is 1. The van der Waals surface area contributed by atoms with Crippen molar-refractivity contribution in [1.29, 1.82) is 0 Å². The number of alkyl halides is 6. The van der Waals surface area contributed by atoms with E-state index >= 15 is 0 Å². The maximum Gasteiger partial charge on any atom is 0.471 e. The molecule has 2 heterocycles. The van der Waals surface area contributed by atoms with Crippen LogP contribution in [0.1, 0.15) is 34.1 Å². The summed E-state index contributed by atoms with van der Waals surface area (Å²) < 4.78 is 92.3. The van der Waals surface area contributed by atoms with Gasteiger partial charge in [-0.05, 0) is 24.6 Å². The summed E-state index contributed by atoms with van der Waals surface area (Å²) in [6, 6.07) is 4.02. The Labute approximate surface area is 175 Å². The van der Waals surface area contributed by atoms with Crippen LogP contribution in [-0.2, 0) is 18.8 Å². The molecular weight excluding hydrogens is 450 g/mol. The second kappa shape index (κ2) is 8.88. The van der Waals surface area contributed by atoms with Crippen molar-refractivity contribution in [2.45, 2.75) is 25.2 Å². The van der Waals surface area contributed by atoms with Gasteiger partial charge in [-0.25, -0.2) is 0 Å². The van der Waals surface area contributed by atoms with Crippen molar-refractivity contribution < 1.29 is 44.9 Å². The van der Waals surface area contributed by atoms with E-state index in [1.165, 1.54) is 13.1 Å². The van der Waals surface area contributed by atoms with Crippen LogP contribution in [0.3, 0.4) is 0 Å². The van der Waals surface area contributed by atoms with Gasteiger partial charge in [0.15, 0.2) is 5.69 Å². The molecule has 0 saturated carbocycles. The molecule has 3 rings (SSSR count). The molecule has 0 bridgehead atoms. The predicted molar refractivity (Wildman–Crippen MR) is 93.4 cm³/mol. The number of carbonyl (C=O) groups is 1. The molecule has 172 valence electrons. The molecule has 2 aromatic heterocycles. The zero-order valence-electron chi connectivity index (χ0n) is 16.2. The summed E-state index contributed by atoms with van der Waals surface area (Å²) in [5.41, 5.74) is -1.48. The Kier molecular flexibility index (Phi) is 6.41. The summed E-state index contributed by atoms with van der Waals surface area (Å²) in [5.74, 6) is -2.95. The molecule has 8 nitrogen and oxygen atoms in total. The third kappa shape index (κ3) is 5.36. The number of halogens is 6. The lowest BCUT2D eigenvalue weighted by Gasteiger charge is -2.14. The van der Waals surface area contributed by atoms with E-state index < -0.39 is 41.3 Å².